The maximum Gasteiger partial charge on any atom is 0.258 e. The van der Waals surface area contributed by atoms with Crippen molar-refractivity contribution in [3.05, 3.63) is 83.9 Å². The predicted molar refractivity (Wildman–Crippen MR) is 112 cm³/mol. The summed E-state index contributed by atoms with van der Waals surface area (Å²) in [6.07, 6.45) is 0. The van der Waals surface area contributed by atoms with Gasteiger partial charge in [-0.3, -0.25) is 4.79 Å². The van der Waals surface area contributed by atoms with Crippen LogP contribution < -0.4 is 14.8 Å². The molecule has 0 spiro atoms. The first-order valence-corrected chi connectivity index (χ1v) is 9.26. The van der Waals surface area contributed by atoms with Crippen LogP contribution in [0.5, 0.6) is 11.5 Å². The molecule has 0 radical (unpaired) electrons. The number of hydrogen-bond acceptors (Lipinski definition) is 4. The minimum absolute atomic E-state index is 0.0737. The van der Waals surface area contributed by atoms with Crippen molar-refractivity contribution in [2.45, 2.75) is 13.0 Å². The van der Waals surface area contributed by atoms with Gasteiger partial charge in [-0.25, -0.2) is 0 Å². The first-order valence-electron chi connectivity index (χ1n) is 9.26. The number of nitriles is 1. The standard InChI is InChI=1S/C24H22N2O3/c1-17(22-5-3-4-6-23(22)28-2)26-24(27)16-29-21-13-11-20(12-14-21)19-9-7-18(15-25)8-10-19/h3-14,17H,16H2,1-2H3,(H,26,27). The maximum absolute atomic E-state index is 12.2. The van der Waals surface area contributed by atoms with Crippen molar-refractivity contribution in [2.75, 3.05) is 13.7 Å². The summed E-state index contributed by atoms with van der Waals surface area (Å²) in [5.41, 5.74) is 3.56. The molecule has 0 aliphatic heterocycles. The Kier molecular flexibility index (Phi) is 6.49. The van der Waals surface area contributed by atoms with Gasteiger partial charge in [0.05, 0.1) is 24.8 Å². The molecule has 3 rings (SSSR count). The van der Waals surface area contributed by atoms with E-state index in [2.05, 4.69) is 11.4 Å². The molecule has 0 aromatic heterocycles. The van der Waals surface area contributed by atoms with Crippen LogP contribution in [0.3, 0.4) is 0 Å². The molecular weight excluding hydrogens is 364 g/mol. The van der Waals surface area contributed by atoms with Crippen molar-refractivity contribution in [3.8, 4) is 28.7 Å². The molecule has 0 bridgehead atoms. The average molecular weight is 386 g/mol. The van der Waals surface area contributed by atoms with E-state index < -0.39 is 0 Å². The van der Waals surface area contributed by atoms with Gasteiger partial charge in [0.25, 0.3) is 5.91 Å². The van der Waals surface area contributed by atoms with Gasteiger partial charge in [-0.2, -0.15) is 5.26 Å². The van der Waals surface area contributed by atoms with Crippen molar-refractivity contribution >= 4 is 5.91 Å². The topological polar surface area (TPSA) is 71.3 Å². The van der Waals surface area contributed by atoms with Gasteiger partial charge in [-0.1, -0.05) is 42.5 Å². The van der Waals surface area contributed by atoms with E-state index in [1.807, 2.05) is 67.6 Å². The molecule has 29 heavy (non-hydrogen) atoms. The van der Waals surface area contributed by atoms with Crippen LogP contribution in [0.15, 0.2) is 72.8 Å². The number of rotatable bonds is 7. The van der Waals surface area contributed by atoms with Crippen LogP contribution in [0, 0.1) is 11.3 Å². The Morgan fingerprint density at radius 2 is 1.62 bits per heavy atom. The second-order valence-corrected chi connectivity index (χ2v) is 6.53. The molecule has 146 valence electrons. The fraction of sp³-hybridized carbons (Fsp3) is 0.167. The Labute approximate surface area is 170 Å². The molecule has 5 nitrogen and oxygen atoms in total. The van der Waals surface area contributed by atoms with E-state index >= 15 is 0 Å². The second kappa shape index (κ2) is 9.43. The number of benzene rings is 3. The van der Waals surface area contributed by atoms with Gasteiger partial charge in [0.1, 0.15) is 11.5 Å². The molecule has 0 saturated carbocycles. The zero-order chi connectivity index (χ0) is 20.6. The molecule has 3 aromatic rings. The van der Waals surface area contributed by atoms with E-state index in [0.29, 0.717) is 11.3 Å². The second-order valence-electron chi connectivity index (χ2n) is 6.53. The third-order valence-electron chi connectivity index (χ3n) is 4.55. The number of para-hydroxylation sites is 1. The zero-order valence-corrected chi connectivity index (χ0v) is 16.4. The minimum Gasteiger partial charge on any atom is -0.496 e. The molecule has 1 unspecified atom stereocenters. The van der Waals surface area contributed by atoms with Gasteiger partial charge in [0.2, 0.25) is 0 Å². The number of carbonyl (C=O) groups is 1. The summed E-state index contributed by atoms with van der Waals surface area (Å²) in [7, 11) is 1.61. The number of ether oxygens (including phenoxy) is 2. The van der Waals surface area contributed by atoms with E-state index in [4.69, 9.17) is 14.7 Å². The first-order chi connectivity index (χ1) is 14.1. The third-order valence-corrected chi connectivity index (χ3v) is 4.55. The first kappa shape index (κ1) is 20.0. The lowest BCUT2D eigenvalue weighted by molar-refractivity contribution is -0.123. The van der Waals surface area contributed by atoms with Crippen molar-refractivity contribution in [2.24, 2.45) is 0 Å². The van der Waals surface area contributed by atoms with E-state index in [9.17, 15) is 4.79 Å². The highest BCUT2D eigenvalue weighted by Crippen LogP contribution is 2.25. The molecule has 5 heteroatoms. The van der Waals surface area contributed by atoms with Gasteiger partial charge in [-0.15, -0.1) is 0 Å². The number of carbonyl (C=O) groups excluding carboxylic acids is 1. The van der Waals surface area contributed by atoms with E-state index in [0.717, 1.165) is 22.4 Å². The highest BCUT2D eigenvalue weighted by Gasteiger charge is 2.14. The quantitative estimate of drug-likeness (QED) is 0.649. The Balaban J connectivity index is 1.55. The van der Waals surface area contributed by atoms with Crippen LogP contribution in [0.4, 0.5) is 0 Å². The molecule has 0 aliphatic rings. The van der Waals surface area contributed by atoms with Gasteiger partial charge < -0.3 is 14.8 Å². The molecule has 1 amide bonds. The van der Waals surface area contributed by atoms with Gasteiger partial charge in [0, 0.05) is 5.56 Å². The monoisotopic (exact) mass is 386 g/mol. The van der Waals surface area contributed by atoms with Crippen LogP contribution in [0.1, 0.15) is 24.1 Å². The highest BCUT2D eigenvalue weighted by molar-refractivity contribution is 5.78. The Hall–Kier alpha value is -3.78. The van der Waals surface area contributed by atoms with Crippen molar-refractivity contribution in [3.63, 3.8) is 0 Å². The summed E-state index contributed by atoms with van der Waals surface area (Å²) in [4.78, 5) is 12.2. The molecule has 3 aromatic carbocycles. The smallest absolute Gasteiger partial charge is 0.258 e. The molecule has 1 atom stereocenters. The summed E-state index contributed by atoms with van der Waals surface area (Å²) < 4.78 is 10.9. The molecule has 0 heterocycles. The van der Waals surface area contributed by atoms with Gasteiger partial charge in [-0.05, 0) is 48.4 Å². The number of nitrogens with one attached hydrogen (secondary N) is 1. The fourth-order valence-electron chi connectivity index (χ4n) is 3.01. The van der Waals surface area contributed by atoms with Crippen LogP contribution in [-0.4, -0.2) is 19.6 Å². The molecule has 1 N–H and O–H groups in total. The molecule has 0 saturated heterocycles. The van der Waals surface area contributed by atoms with Crippen LogP contribution in [0.25, 0.3) is 11.1 Å². The van der Waals surface area contributed by atoms with Crippen molar-refractivity contribution in [1.82, 2.24) is 5.32 Å². The van der Waals surface area contributed by atoms with E-state index in [-0.39, 0.29) is 18.6 Å². The number of nitrogens with zero attached hydrogens (tertiary/aromatic N) is 1. The summed E-state index contributed by atoms with van der Waals surface area (Å²) in [5, 5.41) is 11.8. The lowest BCUT2D eigenvalue weighted by atomic mass is 10.0. The fourth-order valence-corrected chi connectivity index (χ4v) is 3.01. The lowest BCUT2D eigenvalue weighted by Gasteiger charge is -2.17. The van der Waals surface area contributed by atoms with Gasteiger partial charge in [0.15, 0.2) is 6.61 Å². The van der Waals surface area contributed by atoms with Crippen LogP contribution in [-0.2, 0) is 4.79 Å². The van der Waals surface area contributed by atoms with E-state index in [1.165, 1.54) is 0 Å². The summed E-state index contributed by atoms with van der Waals surface area (Å²) in [5.74, 6) is 1.14. The van der Waals surface area contributed by atoms with Crippen molar-refractivity contribution in [1.29, 1.82) is 5.26 Å². The van der Waals surface area contributed by atoms with E-state index in [1.54, 1.807) is 19.2 Å². The highest BCUT2D eigenvalue weighted by atomic mass is 16.5. The summed E-state index contributed by atoms with van der Waals surface area (Å²) >= 11 is 0. The largest absolute Gasteiger partial charge is 0.496 e. The predicted octanol–water partition coefficient (Wildman–Crippen LogP) is 4.49. The Bertz CT molecular complexity index is 1010. The number of methoxy groups -OCH3 is 1. The lowest BCUT2D eigenvalue weighted by Crippen LogP contribution is -2.31. The molecule has 0 fully saturated rings. The average Bonchev–Trinajstić information content (AvgIpc) is 2.78. The summed E-state index contributed by atoms with van der Waals surface area (Å²) in [6, 6.07) is 24.4. The van der Waals surface area contributed by atoms with Crippen molar-refractivity contribution < 1.29 is 14.3 Å². The van der Waals surface area contributed by atoms with Crippen LogP contribution in [0.2, 0.25) is 0 Å². The summed E-state index contributed by atoms with van der Waals surface area (Å²) in [6.45, 7) is 1.83. The molecular formula is C24H22N2O3. The van der Waals surface area contributed by atoms with Crippen LogP contribution >= 0.6 is 0 Å². The maximum atomic E-state index is 12.2. The normalized spacial score (nSPS) is 11.2. The minimum atomic E-state index is -0.209. The Morgan fingerprint density at radius 3 is 2.24 bits per heavy atom. The number of hydrogen-bond donors (Lipinski definition) is 1. The SMILES string of the molecule is COc1ccccc1C(C)NC(=O)COc1ccc(-c2ccc(C#N)cc2)cc1. The zero-order valence-electron chi connectivity index (χ0n) is 16.4. The van der Waals surface area contributed by atoms with Gasteiger partial charge >= 0.3 is 0 Å². The molecule has 0 aliphatic carbocycles. The third kappa shape index (κ3) is 5.14. The number of amides is 1. The Morgan fingerprint density at radius 1 is 1.00 bits per heavy atom.